The highest BCUT2D eigenvalue weighted by molar-refractivity contribution is 8.00. The zero-order chi connectivity index (χ0) is 36.5. The number of nitrogens with zero attached hydrogens (tertiary/aromatic N) is 1. The molecular formula is C38H32N4O7S2. The minimum absolute atomic E-state index is 0.122. The summed E-state index contributed by atoms with van der Waals surface area (Å²) in [7, 11) is 1.29. The van der Waals surface area contributed by atoms with Crippen LogP contribution in [0.1, 0.15) is 38.8 Å². The summed E-state index contributed by atoms with van der Waals surface area (Å²) in [6.07, 6.45) is 1.25. The smallest absolute Gasteiger partial charge is 0.341 e. The third-order valence-electron chi connectivity index (χ3n) is 7.52. The monoisotopic (exact) mass is 720 g/mol. The van der Waals surface area contributed by atoms with Crippen molar-refractivity contribution in [1.29, 1.82) is 0 Å². The van der Waals surface area contributed by atoms with Gasteiger partial charge in [0.05, 0.1) is 22.8 Å². The van der Waals surface area contributed by atoms with Crippen molar-refractivity contribution in [3.8, 4) is 11.1 Å². The molecule has 258 valence electrons. The molecule has 0 radical (unpaired) electrons. The summed E-state index contributed by atoms with van der Waals surface area (Å²) < 4.78 is 5.03. The predicted molar refractivity (Wildman–Crippen MR) is 200 cm³/mol. The second kappa shape index (κ2) is 16.6. The number of thiophene rings is 1. The Morgan fingerprint density at radius 3 is 2.31 bits per heavy atom. The Morgan fingerprint density at radius 1 is 0.902 bits per heavy atom. The van der Waals surface area contributed by atoms with Crippen molar-refractivity contribution < 1.29 is 28.8 Å². The first kappa shape index (κ1) is 36.2. The van der Waals surface area contributed by atoms with Gasteiger partial charge in [-0.15, -0.1) is 23.1 Å². The highest BCUT2D eigenvalue weighted by Crippen LogP contribution is 2.37. The number of hydrogen-bond donors (Lipinski definition) is 3. The fraction of sp³-hybridized carbons (Fsp3) is 0.105. The van der Waals surface area contributed by atoms with E-state index >= 15 is 0 Å². The number of rotatable bonds is 12. The first-order valence-electron chi connectivity index (χ1n) is 15.5. The van der Waals surface area contributed by atoms with Gasteiger partial charge < -0.3 is 20.7 Å². The third kappa shape index (κ3) is 9.15. The SMILES string of the molecule is COC(=O)c1c(-c2ccc(C)cc2)csc1NC(=O)C(C)Sc1cccc(NC(=O)/C(=C\c2ccccc2[N+](=O)[O-])NC(=O)c2ccccc2)c1. The van der Waals surface area contributed by atoms with Gasteiger partial charge in [0.1, 0.15) is 16.3 Å². The zero-order valence-electron chi connectivity index (χ0n) is 27.7. The lowest BCUT2D eigenvalue weighted by Gasteiger charge is -2.14. The molecule has 0 bridgehead atoms. The van der Waals surface area contributed by atoms with E-state index < -0.39 is 28.0 Å². The highest BCUT2D eigenvalue weighted by atomic mass is 32.2. The number of nitro benzene ring substituents is 1. The Balaban J connectivity index is 1.32. The van der Waals surface area contributed by atoms with Crippen molar-refractivity contribution in [3.05, 3.63) is 147 Å². The van der Waals surface area contributed by atoms with Gasteiger partial charge in [-0.3, -0.25) is 24.5 Å². The van der Waals surface area contributed by atoms with Crippen LogP contribution in [-0.2, 0) is 14.3 Å². The average Bonchev–Trinajstić information content (AvgIpc) is 3.55. The molecule has 1 aromatic heterocycles. The number of carbonyl (C=O) groups excluding carboxylic acids is 4. The molecule has 1 unspecified atom stereocenters. The number of methoxy groups -OCH3 is 1. The third-order valence-corrected chi connectivity index (χ3v) is 9.51. The maximum atomic E-state index is 13.6. The molecule has 5 rings (SSSR count). The molecule has 3 amide bonds. The number of nitro groups is 1. The lowest BCUT2D eigenvalue weighted by molar-refractivity contribution is -0.385. The van der Waals surface area contributed by atoms with Crippen molar-refractivity contribution in [3.63, 3.8) is 0 Å². The average molecular weight is 721 g/mol. The van der Waals surface area contributed by atoms with E-state index in [4.69, 9.17) is 4.74 Å². The van der Waals surface area contributed by atoms with E-state index in [0.29, 0.717) is 21.1 Å². The maximum Gasteiger partial charge on any atom is 0.341 e. The van der Waals surface area contributed by atoms with Gasteiger partial charge >= 0.3 is 5.97 Å². The predicted octanol–water partition coefficient (Wildman–Crippen LogP) is 7.95. The van der Waals surface area contributed by atoms with Crippen LogP contribution in [0.25, 0.3) is 17.2 Å². The zero-order valence-corrected chi connectivity index (χ0v) is 29.3. The van der Waals surface area contributed by atoms with Crippen LogP contribution in [0.5, 0.6) is 0 Å². The topological polar surface area (TPSA) is 157 Å². The molecule has 0 fully saturated rings. The molecule has 11 nitrogen and oxygen atoms in total. The number of amides is 3. The van der Waals surface area contributed by atoms with Gasteiger partial charge in [-0.25, -0.2) is 4.79 Å². The minimum atomic E-state index is -0.720. The van der Waals surface area contributed by atoms with Crippen LogP contribution in [0.2, 0.25) is 0 Å². The molecule has 0 aliphatic carbocycles. The summed E-state index contributed by atoms with van der Waals surface area (Å²) in [6, 6.07) is 28.5. The fourth-order valence-electron chi connectivity index (χ4n) is 4.89. The highest BCUT2D eigenvalue weighted by Gasteiger charge is 2.25. The number of nitrogens with one attached hydrogen (secondary N) is 3. The van der Waals surface area contributed by atoms with Gasteiger partial charge in [0, 0.05) is 33.2 Å². The molecule has 51 heavy (non-hydrogen) atoms. The van der Waals surface area contributed by atoms with Crippen LogP contribution < -0.4 is 16.0 Å². The normalized spacial score (nSPS) is 11.6. The number of benzene rings is 4. The molecular weight excluding hydrogens is 689 g/mol. The van der Waals surface area contributed by atoms with E-state index in [0.717, 1.165) is 11.1 Å². The van der Waals surface area contributed by atoms with Gasteiger partial charge in [0.25, 0.3) is 17.5 Å². The van der Waals surface area contributed by atoms with Crippen molar-refractivity contribution in [1.82, 2.24) is 5.32 Å². The Bertz CT molecular complexity index is 2130. The molecule has 0 saturated heterocycles. The Kier molecular flexibility index (Phi) is 11.8. The summed E-state index contributed by atoms with van der Waals surface area (Å²) >= 11 is 2.45. The van der Waals surface area contributed by atoms with Gasteiger partial charge in [-0.05, 0) is 61.9 Å². The van der Waals surface area contributed by atoms with Crippen LogP contribution in [0.3, 0.4) is 0 Å². The number of hydrogen-bond acceptors (Lipinski definition) is 9. The summed E-state index contributed by atoms with van der Waals surface area (Å²) in [4.78, 5) is 64.5. The van der Waals surface area contributed by atoms with Gasteiger partial charge in [-0.1, -0.05) is 66.2 Å². The van der Waals surface area contributed by atoms with E-state index in [1.807, 2.05) is 31.2 Å². The number of carbonyl (C=O) groups is 4. The van der Waals surface area contributed by atoms with Crippen LogP contribution in [0, 0.1) is 17.0 Å². The molecule has 0 aliphatic heterocycles. The number of esters is 1. The second-order valence-corrected chi connectivity index (χ2v) is 13.4. The second-order valence-electron chi connectivity index (χ2n) is 11.1. The van der Waals surface area contributed by atoms with Crippen molar-refractivity contribution >= 4 is 69.2 Å². The van der Waals surface area contributed by atoms with Gasteiger partial charge in [0.15, 0.2) is 0 Å². The Morgan fingerprint density at radius 2 is 1.61 bits per heavy atom. The summed E-state index contributed by atoms with van der Waals surface area (Å²) in [5.74, 6) is -2.22. The minimum Gasteiger partial charge on any atom is -0.465 e. The van der Waals surface area contributed by atoms with Crippen LogP contribution in [0.15, 0.2) is 119 Å². The lowest BCUT2D eigenvalue weighted by Crippen LogP contribution is -2.30. The molecule has 4 aromatic carbocycles. The first-order valence-corrected chi connectivity index (χ1v) is 17.3. The van der Waals surface area contributed by atoms with Gasteiger partial charge in [0.2, 0.25) is 5.91 Å². The number of aryl methyl sites for hydroxylation is 1. The molecule has 0 spiro atoms. The summed E-state index contributed by atoms with van der Waals surface area (Å²) in [5.41, 5.74) is 3.12. The van der Waals surface area contributed by atoms with Crippen LogP contribution >= 0.6 is 23.1 Å². The molecule has 13 heteroatoms. The fourth-order valence-corrected chi connectivity index (χ4v) is 6.78. The van der Waals surface area contributed by atoms with E-state index in [-0.39, 0.29) is 34.0 Å². The summed E-state index contributed by atoms with van der Waals surface area (Å²) in [6.45, 7) is 3.68. The van der Waals surface area contributed by atoms with Crippen molar-refractivity contribution in [2.24, 2.45) is 0 Å². The number of thioether (sulfide) groups is 1. The number of ether oxygens (including phenoxy) is 1. The molecule has 3 N–H and O–H groups in total. The molecule has 5 aromatic rings. The molecule has 1 heterocycles. The summed E-state index contributed by atoms with van der Waals surface area (Å²) in [5, 5.41) is 21.4. The first-order chi connectivity index (χ1) is 24.5. The van der Waals surface area contributed by atoms with Crippen LogP contribution in [0.4, 0.5) is 16.4 Å². The molecule has 1 atom stereocenters. The lowest BCUT2D eigenvalue weighted by atomic mass is 10.0. The van der Waals surface area contributed by atoms with E-state index in [2.05, 4.69) is 16.0 Å². The van der Waals surface area contributed by atoms with E-state index in [9.17, 15) is 29.3 Å². The number of para-hydroxylation sites is 1. The Hall–Kier alpha value is -6.05. The van der Waals surface area contributed by atoms with E-state index in [1.54, 1.807) is 73.0 Å². The Labute approximate surface area is 301 Å². The van der Waals surface area contributed by atoms with Gasteiger partial charge in [-0.2, -0.15) is 0 Å². The van der Waals surface area contributed by atoms with E-state index in [1.165, 1.54) is 54.5 Å². The maximum absolute atomic E-state index is 13.6. The molecule has 0 aliphatic rings. The van der Waals surface area contributed by atoms with Crippen molar-refractivity contribution in [2.45, 2.75) is 24.0 Å². The quantitative estimate of drug-likeness (QED) is 0.0386. The molecule has 0 saturated carbocycles. The van der Waals surface area contributed by atoms with Crippen molar-refractivity contribution in [2.75, 3.05) is 17.7 Å². The number of anilines is 2. The van der Waals surface area contributed by atoms with Crippen LogP contribution in [-0.4, -0.2) is 41.0 Å². The largest absolute Gasteiger partial charge is 0.465 e. The standard InChI is InChI=1S/C38H32N4O7S2/c1-23-16-18-25(19-17-23)30-22-50-37(33(30)38(46)49-3)41-34(43)24(2)51-29-14-9-13-28(21-29)39-36(45)31(40-35(44)26-10-5-4-6-11-26)20-27-12-7-8-15-32(27)42(47)48/h4-22,24H,1-3H3,(H,39,45)(H,40,44)(H,41,43)/b31-20+.